The monoisotopic (exact) mass is 187 g/mol. The molecule has 0 aliphatic carbocycles. The molecule has 0 radical (unpaired) electrons. The number of aromatic carboxylic acids is 1. The Hall–Kier alpha value is -1.26. The van der Waals surface area contributed by atoms with Gasteiger partial charge < -0.3 is 5.11 Å². The molecular weight excluding hydrogens is 182 g/mol. The van der Waals surface area contributed by atoms with Gasteiger partial charge in [0.2, 0.25) is 0 Å². The minimum atomic E-state index is -1.14. The summed E-state index contributed by atoms with van der Waals surface area (Å²) in [5.74, 6) is -1.14. The van der Waals surface area contributed by atoms with Crippen molar-refractivity contribution in [3.63, 3.8) is 0 Å². The molecule has 0 fully saturated rings. The van der Waals surface area contributed by atoms with Crippen LogP contribution in [0, 0.1) is 0 Å². The fraction of sp³-hybridized carbons (Fsp3) is 0. The highest BCUT2D eigenvalue weighted by Gasteiger charge is 2.09. The van der Waals surface area contributed by atoms with E-state index in [2.05, 4.69) is 0 Å². The predicted octanol–water partition coefficient (Wildman–Crippen LogP) is 1.84. The van der Waals surface area contributed by atoms with Crippen LogP contribution in [0.4, 0.5) is 5.69 Å². The molecule has 0 aliphatic heterocycles. The summed E-state index contributed by atoms with van der Waals surface area (Å²) in [7, 11) is 0. The molecule has 4 nitrogen and oxygen atoms in total. The van der Waals surface area contributed by atoms with E-state index in [1.165, 1.54) is 18.2 Å². The van der Waals surface area contributed by atoms with Gasteiger partial charge in [0.05, 0.1) is 11.3 Å². The Balaban J connectivity index is 3.21. The minimum absolute atomic E-state index is 0.0648. The third kappa shape index (κ3) is 1.66. The van der Waals surface area contributed by atoms with E-state index in [0.29, 0.717) is 5.02 Å². The van der Waals surface area contributed by atoms with Crippen LogP contribution in [0.15, 0.2) is 18.2 Å². The number of carboxylic acids is 1. The van der Waals surface area contributed by atoms with Gasteiger partial charge in [-0.05, 0) is 18.2 Å². The van der Waals surface area contributed by atoms with E-state index in [-0.39, 0.29) is 11.3 Å². The number of carboxylic acid groups (broad SMARTS) is 1. The van der Waals surface area contributed by atoms with Crippen molar-refractivity contribution in [3.8, 4) is 0 Å². The first kappa shape index (κ1) is 8.83. The van der Waals surface area contributed by atoms with E-state index >= 15 is 0 Å². The second kappa shape index (κ2) is 3.42. The van der Waals surface area contributed by atoms with Gasteiger partial charge in [-0.2, -0.15) is 0 Å². The lowest BCUT2D eigenvalue weighted by molar-refractivity contribution is 0.0697. The highest BCUT2D eigenvalue weighted by atomic mass is 35.5. The van der Waals surface area contributed by atoms with Crippen molar-refractivity contribution >= 4 is 23.3 Å². The van der Waals surface area contributed by atoms with Gasteiger partial charge in [0.15, 0.2) is 0 Å². The molecule has 0 bridgehead atoms. The van der Waals surface area contributed by atoms with Crippen LogP contribution in [-0.4, -0.2) is 16.3 Å². The molecule has 0 saturated carbocycles. The van der Waals surface area contributed by atoms with Crippen LogP contribution in [0.25, 0.3) is 0 Å². The molecule has 12 heavy (non-hydrogen) atoms. The Morgan fingerprint density at radius 1 is 1.50 bits per heavy atom. The molecule has 0 aromatic heterocycles. The maximum Gasteiger partial charge on any atom is 0.337 e. The molecule has 3 N–H and O–H groups in total. The second-order valence-electron chi connectivity index (χ2n) is 2.11. The summed E-state index contributed by atoms with van der Waals surface area (Å²) >= 11 is 5.55. The third-order valence-electron chi connectivity index (χ3n) is 1.33. The molecular formula is C7H6ClNO3. The molecule has 0 unspecified atom stereocenters. The van der Waals surface area contributed by atoms with Gasteiger partial charge >= 0.3 is 5.97 Å². The van der Waals surface area contributed by atoms with Gasteiger partial charge in [0.1, 0.15) is 0 Å². The van der Waals surface area contributed by atoms with Crippen LogP contribution in [0.2, 0.25) is 5.02 Å². The lowest BCUT2D eigenvalue weighted by atomic mass is 10.2. The Bertz CT molecular complexity index is 314. The Morgan fingerprint density at radius 2 is 2.17 bits per heavy atom. The van der Waals surface area contributed by atoms with E-state index < -0.39 is 5.97 Å². The van der Waals surface area contributed by atoms with Crippen molar-refractivity contribution in [3.05, 3.63) is 28.8 Å². The van der Waals surface area contributed by atoms with Crippen molar-refractivity contribution in [2.45, 2.75) is 0 Å². The van der Waals surface area contributed by atoms with Crippen molar-refractivity contribution < 1.29 is 15.1 Å². The number of carbonyl (C=O) groups is 1. The standard InChI is InChI=1S/C7H6ClNO3/c8-4-1-2-6(9-12)5(3-4)7(10)11/h1-3,9,12H,(H,10,11). The maximum absolute atomic E-state index is 10.5. The molecule has 1 rings (SSSR count). The average molecular weight is 188 g/mol. The van der Waals surface area contributed by atoms with Crippen molar-refractivity contribution in [1.29, 1.82) is 0 Å². The quantitative estimate of drug-likeness (QED) is 0.618. The van der Waals surface area contributed by atoms with Crippen molar-refractivity contribution in [1.82, 2.24) is 0 Å². The van der Waals surface area contributed by atoms with Crippen LogP contribution in [0.1, 0.15) is 10.4 Å². The maximum atomic E-state index is 10.5. The van der Waals surface area contributed by atoms with Crippen LogP contribution in [-0.2, 0) is 0 Å². The van der Waals surface area contributed by atoms with Gasteiger partial charge in [-0.1, -0.05) is 11.6 Å². The molecule has 0 aliphatic rings. The SMILES string of the molecule is O=C(O)c1cc(Cl)ccc1NO. The largest absolute Gasteiger partial charge is 0.478 e. The number of hydrogen-bond acceptors (Lipinski definition) is 3. The predicted molar refractivity (Wildman–Crippen MR) is 43.8 cm³/mol. The Morgan fingerprint density at radius 3 is 2.67 bits per heavy atom. The summed E-state index contributed by atoms with van der Waals surface area (Å²) in [6, 6.07) is 4.11. The van der Waals surface area contributed by atoms with Crippen molar-refractivity contribution in [2.24, 2.45) is 0 Å². The number of rotatable bonds is 2. The molecule has 0 heterocycles. The van der Waals surface area contributed by atoms with E-state index in [1.807, 2.05) is 0 Å². The van der Waals surface area contributed by atoms with Crippen LogP contribution in [0.5, 0.6) is 0 Å². The molecule has 0 amide bonds. The van der Waals surface area contributed by atoms with Gasteiger partial charge in [-0.25, -0.2) is 4.79 Å². The first-order valence-electron chi connectivity index (χ1n) is 3.08. The number of hydrogen-bond donors (Lipinski definition) is 3. The second-order valence-corrected chi connectivity index (χ2v) is 2.54. The summed E-state index contributed by atoms with van der Waals surface area (Å²) in [5.41, 5.74) is 1.82. The molecule has 1 aromatic rings. The molecule has 0 saturated heterocycles. The van der Waals surface area contributed by atoms with Crippen LogP contribution < -0.4 is 5.48 Å². The number of nitrogens with one attached hydrogen (secondary N) is 1. The molecule has 64 valence electrons. The summed E-state index contributed by atoms with van der Waals surface area (Å²) in [4.78, 5) is 10.5. The van der Waals surface area contributed by atoms with Gasteiger partial charge in [-0.3, -0.25) is 10.7 Å². The van der Waals surface area contributed by atoms with Gasteiger partial charge in [0.25, 0.3) is 0 Å². The normalized spacial score (nSPS) is 9.50. The van der Waals surface area contributed by atoms with Gasteiger partial charge in [-0.15, -0.1) is 0 Å². The number of benzene rings is 1. The fourth-order valence-corrected chi connectivity index (χ4v) is 0.963. The summed E-state index contributed by atoms with van der Waals surface area (Å²) < 4.78 is 0. The first-order chi connectivity index (χ1) is 5.65. The number of halogens is 1. The molecule has 0 spiro atoms. The van der Waals surface area contributed by atoms with Gasteiger partial charge in [0, 0.05) is 5.02 Å². The first-order valence-corrected chi connectivity index (χ1v) is 3.46. The lowest BCUT2D eigenvalue weighted by Crippen LogP contribution is -2.02. The van der Waals surface area contributed by atoms with E-state index in [4.69, 9.17) is 21.9 Å². The fourth-order valence-electron chi connectivity index (χ4n) is 0.791. The number of anilines is 1. The zero-order valence-corrected chi connectivity index (χ0v) is 6.67. The van der Waals surface area contributed by atoms with E-state index in [1.54, 1.807) is 5.48 Å². The van der Waals surface area contributed by atoms with E-state index in [9.17, 15) is 4.79 Å². The highest BCUT2D eigenvalue weighted by Crippen LogP contribution is 2.19. The highest BCUT2D eigenvalue weighted by molar-refractivity contribution is 6.31. The summed E-state index contributed by atoms with van der Waals surface area (Å²) in [6.45, 7) is 0. The lowest BCUT2D eigenvalue weighted by Gasteiger charge is -2.03. The third-order valence-corrected chi connectivity index (χ3v) is 1.57. The molecule has 1 aromatic carbocycles. The zero-order valence-electron chi connectivity index (χ0n) is 5.91. The molecule has 0 atom stereocenters. The molecule has 5 heteroatoms. The van der Waals surface area contributed by atoms with Crippen molar-refractivity contribution in [2.75, 3.05) is 5.48 Å². The van der Waals surface area contributed by atoms with E-state index in [0.717, 1.165) is 0 Å². The average Bonchev–Trinajstić information content (AvgIpc) is 2.04. The van der Waals surface area contributed by atoms with Crippen LogP contribution >= 0.6 is 11.6 Å². The summed E-state index contributed by atoms with van der Waals surface area (Å²) in [6.07, 6.45) is 0. The Kier molecular flexibility index (Phi) is 2.52. The Labute approximate surface area is 73.4 Å². The summed E-state index contributed by atoms with van der Waals surface area (Å²) in [5, 5.41) is 17.4. The zero-order chi connectivity index (χ0) is 9.14. The topological polar surface area (TPSA) is 69.6 Å². The smallest absolute Gasteiger partial charge is 0.337 e. The van der Waals surface area contributed by atoms with Crippen LogP contribution in [0.3, 0.4) is 0 Å². The minimum Gasteiger partial charge on any atom is -0.478 e.